The number of aliphatic hydroxyl groups is 1. The highest BCUT2D eigenvalue weighted by Crippen LogP contribution is 2.30. The Kier molecular flexibility index (Phi) is 3.96. The van der Waals surface area contributed by atoms with Crippen LogP contribution in [0.5, 0.6) is 0 Å². The molecule has 0 aromatic carbocycles. The predicted octanol–water partition coefficient (Wildman–Crippen LogP) is 1.02. The molecule has 1 amide bonds. The van der Waals surface area contributed by atoms with E-state index in [1.807, 2.05) is 13.8 Å². The molecule has 4 N–H and O–H groups in total. The van der Waals surface area contributed by atoms with Gasteiger partial charge in [-0.3, -0.25) is 4.79 Å². The van der Waals surface area contributed by atoms with Gasteiger partial charge in [0.1, 0.15) is 15.2 Å². The molecule has 6 nitrogen and oxygen atoms in total. The largest absolute Gasteiger partial charge is 0.396 e. The zero-order chi connectivity index (χ0) is 14.0. The van der Waals surface area contributed by atoms with Crippen LogP contribution >= 0.6 is 11.3 Å². The number of hydrogen-bond donors (Lipinski definition) is 3. The normalized spacial score (nSPS) is 12.8. The van der Waals surface area contributed by atoms with Gasteiger partial charge >= 0.3 is 0 Å². The number of carbonyl (C=O) groups excluding carboxylic acids is 1. The first-order chi connectivity index (χ1) is 9.04. The molecule has 2 rings (SSSR count). The van der Waals surface area contributed by atoms with Gasteiger partial charge in [0, 0.05) is 12.4 Å². The van der Waals surface area contributed by atoms with Gasteiger partial charge in [0.15, 0.2) is 0 Å². The molecule has 19 heavy (non-hydrogen) atoms. The zero-order valence-electron chi connectivity index (χ0n) is 10.8. The molecule has 0 aliphatic carbocycles. The molecule has 0 spiro atoms. The van der Waals surface area contributed by atoms with Crippen molar-refractivity contribution < 1.29 is 9.90 Å². The lowest BCUT2D eigenvalue weighted by atomic mass is 10.1. The number of nitrogens with zero attached hydrogens (tertiary/aromatic N) is 2. The van der Waals surface area contributed by atoms with Crippen LogP contribution in [0.25, 0.3) is 10.3 Å². The molecule has 0 aliphatic heterocycles. The van der Waals surface area contributed by atoms with Crippen LogP contribution in [-0.4, -0.2) is 33.6 Å². The maximum Gasteiger partial charge on any atom is 0.263 e. The Morgan fingerprint density at radius 2 is 2.16 bits per heavy atom. The topological polar surface area (TPSA) is 101 Å². The van der Waals surface area contributed by atoms with Gasteiger partial charge in [0.25, 0.3) is 5.91 Å². The molecule has 0 fully saturated rings. The van der Waals surface area contributed by atoms with Crippen LogP contribution in [0, 0.1) is 5.92 Å². The monoisotopic (exact) mass is 280 g/mol. The van der Waals surface area contributed by atoms with Gasteiger partial charge in [-0.05, 0) is 5.92 Å². The standard InChI is InChI=1S/C12H16N4O2S/c1-6(2)7(5-17)16-11(18)10-8(13)9-12(19-10)15-4-3-14-9/h3-4,6-7,17H,5,13H2,1-2H3,(H,16,18). The highest BCUT2D eigenvalue weighted by Gasteiger charge is 2.21. The summed E-state index contributed by atoms with van der Waals surface area (Å²) < 4.78 is 0. The van der Waals surface area contributed by atoms with E-state index in [1.165, 1.54) is 17.5 Å². The van der Waals surface area contributed by atoms with Crippen LogP contribution in [0.4, 0.5) is 5.69 Å². The zero-order valence-corrected chi connectivity index (χ0v) is 11.6. The van der Waals surface area contributed by atoms with Crippen LogP contribution in [0.1, 0.15) is 23.5 Å². The fraction of sp³-hybridized carbons (Fsp3) is 0.417. The van der Waals surface area contributed by atoms with E-state index in [1.54, 1.807) is 6.20 Å². The lowest BCUT2D eigenvalue weighted by Gasteiger charge is -2.19. The molecule has 0 saturated carbocycles. The van der Waals surface area contributed by atoms with Crippen molar-refractivity contribution in [3.05, 3.63) is 17.3 Å². The van der Waals surface area contributed by atoms with Crippen LogP contribution in [-0.2, 0) is 0 Å². The van der Waals surface area contributed by atoms with Gasteiger partial charge in [0.05, 0.1) is 18.3 Å². The number of carbonyl (C=O) groups is 1. The molecule has 0 bridgehead atoms. The van der Waals surface area contributed by atoms with Gasteiger partial charge in [-0.15, -0.1) is 11.3 Å². The maximum atomic E-state index is 12.2. The minimum absolute atomic E-state index is 0.106. The number of amides is 1. The molecule has 0 saturated heterocycles. The molecule has 1 atom stereocenters. The Morgan fingerprint density at radius 1 is 1.47 bits per heavy atom. The number of thiophene rings is 1. The van der Waals surface area contributed by atoms with Gasteiger partial charge in [-0.2, -0.15) is 0 Å². The Hall–Kier alpha value is -1.73. The first-order valence-corrected chi connectivity index (χ1v) is 6.77. The summed E-state index contributed by atoms with van der Waals surface area (Å²) in [5.74, 6) is -0.157. The lowest BCUT2D eigenvalue weighted by molar-refractivity contribution is 0.0902. The third-order valence-corrected chi connectivity index (χ3v) is 3.99. The van der Waals surface area contributed by atoms with Crippen LogP contribution < -0.4 is 11.1 Å². The molecule has 1 unspecified atom stereocenters. The summed E-state index contributed by atoms with van der Waals surface area (Å²) in [6.07, 6.45) is 3.10. The summed E-state index contributed by atoms with van der Waals surface area (Å²) in [4.78, 5) is 21.4. The fourth-order valence-corrected chi connectivity index (χ4v) is 2.59. The molecule has 102 valence electrons. The molecular weight excluding hydrogens is 264 g/mol. The SMILES string of the molecule is CC(C)C(CO)NC(=O)c1sc2nccnc2c1N. The predicted molar refractivity (Wildman–Crippen MR) is 75.0 cm³/mol. The number of aromatic nitrogens is 2. The molecule has 2 aromatic rings. The smallest absolute Gasteiger partial charge is 0.263 e. The van der Waals surface area contributed by atoms with E-state index in [2.05, 4.69) is 15.3 Å². The number of aliphatic hydroxyl groups excluding tert-OH is 1. The van der Waals surface area contributed by atoms with E-state index in [-0.39, 0.29) is 24.5 Å². The first-order valence-electron chi connectivity index (χ1n) is 5.95. The quantitative estimate of drug-likeness (QED) is 0.776. The van der Waals surface area contributed by atoms with E-state index in [9.17, 15) is 9.90 Å². The van der Waals surface area contributed by atoms with Crippen molar-refractivity contribution in [2.75, 3.05) is 12.3 Å². The second kappa shape index (κ2) is 5.50. The molecular formula is C12H16N4O2S. The Labute approximate surface area is 114 Å². The summed E-state index contributed by atoms with van der Waals surface area (Å²) in [5.41, 5.74) is 6.80. The van der Waals surface area contributed by atoms with Crippen LogP contribution in [0.3, 0.4) is 0 Å². The lowest BCUT2D eigenvalue weighted by Crippen LogP contribution is -2.41. The number of rotatable bonds is 4. The fourth-order valence-electron chi connectivity index (χ4n) is 1.67. The number of nitrogen functional groups attached to an aromatic ring is 1. The van der Waals surface area contributed by atoms with Crippen LogP contribution in [0.15, 0.2) is 12.4 Å². The molecule has 2 heterocycles. The van der Waals surface area contributed by atoms with Crippen molar-refractivity contribution in [1.29, 1.82) is 0 Å². The molecule has 2 aromatic heterocycles. The number of fused-ring (bicyclic) bond motifs is 1. The van der Waals surface area contributed by atoms with Crippen molar-refractivity contribution in [2.45, 2.75) is 19.9 Å². The average Bonchev–Trinajstić information content (AvgIpc) is 2.73. The van der Waals surface area contributed by atoms with Crippen molar-refractivity contribution in [2.24, 2.45) is 5.92 Å². The van der Waals surface area contributed by atoms with Gasteiger partial charge in [-0.25, -0.2) is 9.97 Å². The number of nitrogens with two attached hydrogens (primary N) is 1. The molecule has 0 aliphatic rings. The second-order valence-electron chi connectivity index (χ2n) is 4.56. The number of hydrogen-bond acceptors (Lipinski definition) is 6. The first kappa shape index (κ1) is 13.7. The van der Waals surface area contributed by atoms with E-state index >= 15 is 0 Å². The van der Waals surface area contributed by atoms with Crippen molar-refractivity contribution in [3.63, 3.8) is 0 Å². The van der Waals surface area contributed by atoms with Gasteiger partial charge in [0.2, 0.25) is 0 Å². The second-order valence-corrected chi connectivity index (χ2v) is 5.56. The van der Waals surface area contributed by atoms with Crippen molar-refractivity contribution >= 4 is 33.3 Å². The summed E-state index contributed by atoms with van der Waals surface area (Å²) in [5, 5.41) is 12.0. The number of anilines is 1. The summed E-state index contributed by atoms with van der Waals surface area (Å²) in [6, 6.07) is -0.293. The van der Waals surface area contributed by atoms with Crippen LogP contribution in [0.2, 0.25) is 0 Å². The van der Waals surface area contributed by atoms with Crippen molar-refractivity contribution in [1.82, 2.24) is 15.3 Å². The molecule has 0 radical (unpaired) electrons. The molecule has 7 heteroatoms. The van der Waals surface area contributed by atoms with E-state index in [0.29, 0.717) is 20.9 Å². The Bertz CT molecular complexity index is 596. The Morgan fingerprint density at radius 3 is 2.74 bits per heavy atom. The van der Waals surface area contributed by atoms with Gasteiger partial charge < -0.3 is 16.2 Å². The summed E-state index contributed by atoms with van der Waals surface area (Å²) in [6.45, 7) is 3.75. The van der Waals surface area contributed by atoms with E-state index < -0.39 is 0 Å². The maximum absolute atomic E-state index is 12.2. The van der Waals surface area contributed by atoms with Gasteiger partial charge in [-0.1, -0.05) is 13.8 Å². The van der Waals surface area contributed by atoms with E-state index in [4.69, 9.17) is 5.73 Å². The third kappa shape index (κ3) is 2.66. The average molecular weight is 280 g/mol. The van der Waals surface area contributed by atoms with Crippen molar-refractivity contribution in [3.8, 4) is 0 Å². The Balaban J connectivity index is 2.29. The highest BCUT2D eigenvalue weighted by atomic mass is 32.1. The van der Waals surface area contributed by atoms with E-state index in [0.717, 1.165) is 0 Å². The minimum atomic E-state index is -0.296. The highest BCUT2D eigenvalue weighted by molar-refractivity contribution is 7.21. The summed E-state index contributed by atoms with van der Waals surface area (Å²) >= 11 is 1.20. The third-order valence-electron chi connectivity index (χ3n) is 2.89. The summed E-state index contributed by atoms with van der Waals surface area (Å²) in [7, 11) is 0. The number of nitrogens with one attached hydrogen (secondary N) is 1. The minimum Gasteiger partial charge on any atom is -0.396 e.